The van der Waals surface area contributed by atoms with Crippen molar-refractivity contribution in [2.24, 2.45) is 0 Å². The van der Waals surface area contributed by atoms with Crippen LogP contribution in [-0.4, -0.2) is 22.5 Å². The lowest BCUT2D eigenvalue weighted by atomic mass is 10.2. The van der Waals surface area contributed by atoms with Gasteiger partial charge in [0.1, 0.15) is 11.6 Å². The van der Waals surface area contributed by atoms with Crippen molar-refractivity contribution in [3.8, 4) is 5.75 Å². The third kappa shape index (κ3) is 4.13. The fraction of sp³-hybridized carbons (Fsp3) is 0.286. The van der Waals surface area contributed by atoms with E-state index >= 15 is 0 Å². The number of aryl methyl sites for hydroxylation is 1. The Kier molecular flexibility index (Phi) is 4.55. The summed E-state index contributed by atoms with van der Waals surface area (Å²) >= 11 is 0. The van der Waals surface area contributed by atoms with E-state index in [4.69, 9.17) is 4.74 Å². The third-order valence-electron chi connectivity index (χ3n) is 2.68. The van der Waals surface area contributed by atoms with Crippen molar-refractivity contribution in [2.75, 3.05) is 6.61 Å². The lowest BCUT2D eigenvalue weighted by Gasteiger charge is -2.07. The Morgan fingerprint density at radius 2 is 2.37 bits per heavy atom. The smallest absolute Gasteiger partial charge is 0.258 e. The Morgan fingerprint density at radius 3 is 3.11 bits per heavy atom. The van der Waals surface area contributed by atoms with Crippen molar-refractivity contribution in [3.05, 3.63) is 48.0 Å². The first-order valence-electron chi connectivity index (χ1n) is 6.24. The third-order valence-corrected chi connectivity index (χ3v) is 2.68. The molecule has 0 atom stereocenters. The molecular weight excluding hydrogens is 242 g/mol. The lowest BCUT2D eigenvalue weighted by molar-refractivity contribution is -0.123. The predicted molar refractivity (Wildman–Crippen MR) is 71.7 cm³/mol. The van der Waals surface area contributed by atoms with Gasteiger partial charge < -0.3 is 15.0 Å². The van der Waals surface area contributed by atoms with Gasteiger partial charge in [-0.2, -0.15) is 0 Å². The van der Waals surface area contributed by atoms with Gasteiger partial charge in [-0.1, -0.05) is 19.1 Å². The van der Waals surface area contributed by atoms with E-state index in [1.165, 1.54) is 5.56 Å². The average molecular weight is 259 g/mol. The van der Waals surface area contributed by atoms with Crippen molar-refractivity contribution in [1.29, 1.82) is 0 Å². The molecule has 1 amide bonds. The molecule has 0 aliphatic rings. The Morgan fingerprint density at radius 1 is 1.47 bits per heavy atom. The van der Waals surface area contributed by atoms with Gasteiger partial charge in [0.2, 0.25) is 0 Å². The van der Waals surface area contributed by atoms with Gasteiger partial charge in [0.15, 0.2) is 6.61 Å². The van der Waals surface area contributed by atoms with E-state index in [9.17, 15) is 4.79 Å². The number of amides is 1. The molecule has 0 saturated carbocycles. The highest BCUT2D eigenvalue weighted by molar-refractivity contribution is 5.77. The highest BCUT2D eigenvalue weighted by Crippen LogP contribution is 2.13. The molecule has 1 aromatic heterocycles. The van der Waals surface area contributed by atoms with Crippen LogP contribution >= 0.6 is 0 Å². The molecule has 0 saturated heterocycles. The second kappa shape index (κ2) is 6.58. The zero-order valence-electron chi connectivity index (χ0n) is 10.8. The van der Waals surface area contributed by atoms with E-state index < -0.39 is 0 Å². The Labute approximate surface area is 112 Å². The average Bonchev–Trinajstić information content (AvgIpc) is 2.96. The second-order valence-electron chi connectivity index (χ2n) is 4.10. The summed E-state index contributed by atoms with van der Waals surface area (Å²) < 4.78 is 5.44. The number of nitrogens with zero attached hydrogens (tertiary/aromatic N) is 1. The van der Waals surface area contributed by atoms with Crippen LogP contribution in [0.4, 0.5) is 0 Å². The maximum absolute atomic E-state index is 11.6. The SMILES string of the molecule is CCc1cccc(OCC(=O)NCc2ncc[nH]2)c1. The first-order valence-corrected chi connectivity index (χ1v) is 6.24. The molecule has 0 spiro atoms. The van der Waals surface area contributed by atoms with Crippen molar-refractivity contribution >= 4 is 5.91 Å². The molecule has 0 aliphatic carbocycles. The summed E-state index contributed by atoms with van der Waals surface area (Å²) in [5.74, 6) is 1.27. The molecule has 0 bridgehead atoms. The van der Waals surface area contributed by atoms with E-state index in [2.05, 4.69) is 22.2 Å². The molecule has 1 aromatic carbocycles. The molecule has 5 nitrogen and oxygen atoms in total. The fourth-order valence-corrected chi connectivity index (χ4v) is 1.63. The van der Waals surface area contributed by atoms with E-state index in [0.717, 1.165) is 12.2 Å². The summed E-state index contributed by atoms with van der Waals surface area (Å²) in [6, 6.07) is 7.75. The maximum atomic E-state index is 11.6. The van der Waals surface area contributed by atoms with Gasteiger partial charge in [0.05, 0.1) is 6.54 Å². The number of carbonyl (C=O) groups excluding carboxylic acids is 1. The number of benzene rings is 1. The highest BCUT2D eigenvalue weighted by atomic mass is 16.5. The van der Waals surface area contributed by atoms with Crippen LogP contribution in [0.25, 0.3) is 0 Å². The summed E-state index contributed by atoms with van der Waals surface area (Å²) in [4.78, 5) is 18.5. The normalized spacial score (nSPS) is 10.2. The van der Waals surface area contributed by atoms with Gasteiger partial charge in [-0.3, -0.25) is 4.79 Å². The van der Waals surface area contributed by atoms with Crippen LogP contribution in [0.15, 0.2) is 36.7 Å². The number of aromatic nitrogens is 2. The molecule has 19 heavy (non-hydrogen) atoms. The predicted octanol–water partition coefficient (Wildman–Crippen LogP) is 1.67. The quantitative estimate of drug-likeness (QED) is 0.829. The van der Waals surface area contributed by atoms with E-state index in [1.807, 2.05) is 24.3 Å². The number of carbonyl (C=O) groups is 1. The van der Waals surface area contributed by atoms with Crippen molar-refractivity contribution in [3.63, 3.8) is 0 Å². The molecule has 100 valence electrons. The van der Waals surface area contributed by atoms with E-state index in [1.54, 1.807) is 12.4 Å². The Balaban J connectivity index is 1.76. The summed E-state index contributed by atoms with van der Waals surface area (Å²) in [6.07, 6.45) is 4.31. The van der Waals surface area contributed by atoms with Gasteiger partial charge in [-0.15, -0.1) is 0 Å². The second-order valence-corrected chi connectivity index (χ2v) is 4.10. The molecule has 5 heteroatoms. The van der Waals surface area contributed by atoms with Gasteiger partial charge >= 0.3 is 0 Å². The van der Waals surface area contributed by atoms with Crippen molar-refractivity contribution in [2.45, 2.75) is 19.9 Å². The highest BCUT2D eigenvalue weighted by Gasteiger charge is 2.04. The lowest BCUT2D eigenvalue weighted by Crippen LogP contribution is -2.28. The van der Waals surface area contributed by atoms with Crippen LogP contribution < -0.4 is 10.1 Å². The molecule has 0 radical (unpaired) electrons. The van der Waals surface area contributed by atoms with Gasteiger partial charge in [0, 0.05) is 12.4 Å². The molecule has 0 unspecified atom stereocenters. The van der Waals surface area contributed by atoms with Crippen LogP contribution in [0.2, 0.25) is 0 Å². The summed E-state index contributed by atoms with van der Waals surface area (Å²) in [5, 5.41) is 2.73. The summed E-state index contributed by atoms with van der Waals surface area (Å²) in [6.45, 7) is 2.47. The minimum atomic E-state index is -0.168. The first kappa shape index (κ1) is 13.1. The molecule has 0 fully saturated rings. The number of nitrogens with one attached hydrogen (secondary N) is 2. The minimum Gasteiger partial charge on any atom is -0.484 e. The zero-order valence-corrected chi connectivity index (χ0v) is 10.8. The molecular formula is C14H17N3O2. The topological polar surface area (TPSA) is 67.0 Å². The number of rotatable bonds is 6. The van der Waals surface area contributed by atoms with E-state index in [-0.39, 0.29) is 12.5 Å². The number of aromatic amines is 1. The van der Waals surface area contributed by atoms with Crippen LogP contribution in [0.3, 0.4) is 0 Å². The van der Waals surface area contributed by atoms with Crippen LogP contribution in [0.1, 0.15) is 18.3 Å². The maximum Gasteiger partial charge on any atom is 0.258 e. The Bertz CT molecular complexity index is 523. The van der Waals surface area contributed by atoms with Crippen LogP contribution in [0.5, 0.6) is 5.75 Å². The molecule has 2 rings (SSSR count). The van der Waals surface area contributed by atoms with Crippen LogP contribution in [0, 0.1) is 0 Å². The summed E-state index contributed by atoms with van der Waals surface area (Å²) in [7, 11) is 0. The van der Waals surface area contributed by atoms with Gasteiger partial charge in [0.25, 0.3) is 5.91 Å². The largest absolute Gasteiger partial charge is 0.484 e. The molecule has 2 aromatic rings. The monoisotopic (exact) mass is 259 g/mol. The first-order chi connectivity index (χ1) is 9.28. The molecule has 1 heterocycles. The van der Waals surface area contributed by atoms with Crippen LogP contribution in [-0.2, 0) is 17.8 Å². The Hall–Kier alpha value is -2.30. The number of imidazole rings is 1. The standard InChI is InChI=1S/C14H17N3O2/c1-2-11-4-3-5-12(8-11)19-10-14(18)17-9-13-15-6-7-16-13/h3-8H,2,9-10H2,1H3,(H,15,16)(H,17,18). The van der Waals surface area contributed by atoms with E-state index in [0.29, 0.717) is 12.3 Å². The molecule has 0 aliphatic heterocycles. The number of hydrogen-bond acceptors (Lipinski definition) is 3. The van der Waals surface area contributed by atoms with Crippen molar-refractivity contribution in [1.82, 2.24) is 15.3 Å². The zero-order chi connectivity index (χ0) is 13.5. The fourth-order valence-electron chi connectivity index (χ4n) is 1.63. The number of hydrogen-bond donors (Lipinski definition) is 2. The minimum absolute atomic E-state index is 0.00781. The number of ether oxygens (including phenoxy) is 1. The van der Waals surface area contributed by atoms with Gasteiger partial charge in [-0.25, -0.2) is 4.98 Å². The van der Waals surface area contributed by atoms with Crippen molar-refractivity contribution < 1.29 is 9.53 Å². The van der Waals surface area contributed by atoms with Gasteiger partial charge in [-0.05, 0) is 24.1 Å². The number of H-pyrrole nitrogens is 1. The molecule has 2 N–H and O–H groups in total. The summed E-state index contributed by atoms with van der Waals surface area (Å²) in [5.41, 5.74) is 1.19.